The molecule has 1 heteroatoms. The highest BCUT2D eigenvalue weighted by molar-refractivity contribution is 4.75. The minimum Gasteiger partial charge on any atom is -0.316 e. The third kappa shape index (κ3) is 9.00. The average molecular weight is 282 g/mol. The van der Waals surface area contributed by atoms with Crippen LogP contribution in [0.25, 0.3) is 0 Å². The predicted octanol–water partition coefficient (Wildman–Crippen LogP) is 5.93. The summed E-state index contributed by atoms with van der Waals surface area (Å²) in [5, 5.41) is 3.68. The van der Waals surface area contributed by atoms with Crippen molar-refractivity contribution in [1.29, 1.82) is 0 Å². The fourth-order valence-corrected chi connectivity index (χ4v) is 3.55. The van der Waals surface area contributed by atoms with Gasteiger partial charge in [0.05, 0.1) is 0 Å². The Labute approximate surface area is 128 Å². The predicted molar refractivity (Wildman–Crippen MR) is 91.2 cm³/mol. The minimum atomic E-state index is 0.968. The van der Waals surface area contributed by atoms with Crippen molar-refractivity contribution in [3.05, 3.63) is 0 Å². The first-order valence-corrected chi connectivity index (χ1v) is 9.55. The molecule has 1 aliphatic carbocycles. The van der Waals surface area contributed by atoms with Crippen LogP contribution in [0.5, 0.6) is 0 Å². The van der Waals surface area contributed by atoms with Crippen molar-refractivity contribution >= 4 is 0 Å². The second-order valence-corrected chi connectivity index (χ2v) is 7.05. The molecule has 20 heavy (non-hydrogen) atoms. The SMILES string of the molecule is CCCCCCCCCCCCNCC1CCCC1C. The van der Waals surface area contributed by atoms with Crippen molar-refractivity contribution in [2.75, 3.05) is 13.1 Å². The molecule has 0 spiro atoms. The molecule has 0 heterocycles. The summed E-state index contributed by atoms with van der Waals surface area (Å²) in [6, 6.07) is 0. The van der Waals surface area contributed by atoms with E-state index in [9.17, 15) is 0 Å². The lowest BCUT2D eigenvalue weighted by molar-refractivity contribution is 0.390. The van der Waals surface area contributed by atoms with Gasteiger partial charge in [-0.2, -0.15) is 0 Å². The van der Waals surface area contributed by atoms with Gasteiger partial charge in [-0.25, -0.2) is 0 Å². The van der Waals surface area contributed by atoms with Gasteiger partial charge in [0, 0.05) is 0 Å². The zero-order valence-corrected chi connectivity index (χ0v) is 14.3. The van der Waals surface area contributed by atoms with E-state index >= 15 is 0 Å². The number of hydrogen-bond donors (Lipinski definition) is 1. The molecule has 0 saturated heterocycles. The second-order valence-electron chi connectivity index (χ2n) is 7.05. The lowest BCUT2D eigenvalue weighted by Crippen LogP contribution is -2.25. The van der Waals surface area contributed by atoms with Gasteiger partial charge in [0.15, 0.2) is 0 Å². The molecular weight excluding hydrogens is 242 g/mol. The van der Waals surface area contributed by atoms with Crippen molar-refractivity contribution in [2.45, 2.75) is 97.3 Å². The topological polar surface area (TPSA) is 12.0 Å². The smallest absolute Gasteiger partial charge is 0.00180 e. The standard InChI is InChI=1S/C19H39N/c1-3-4-5-6-7-8-9-10-11-12-16-20-17-19-15-13-14-18(19)2/h18-20H,3-17H2,1-2H3. The summed E-state index contributed by atoms with van der Waals surface area (Å²) in [5.41, 5.74) is 0. The lowest BCUT2D eigenvalue weighted by atomic mass is 9.98. The van der Waals surface area contributed by atoms with Gasteiger partial charge < -0.3 is 5.32 Å². The van der Waals surface area contributed by atoms with E-state index in [0.29, 0.717) is 0 Å². The molecule has 0 radical (unpaired) electrons. The Morgan fingerprint density at radius 1 is 0.800 bits per heavy atom. The summed E-state index contributed by atoms with van der Waals surface area (Å²) in [4.78, 5) is 0. The van der Waals surface area contributed by atoms with Crippen LogP contribution in [-0.4, -0.2) is 13.1 Å². The quantitative estimate of drug-likeness (QED) is 0.412. The van der Waals surface area contributed by atoms with Crippen LogP contribution in [0, 0.1) is 11.8 Å². The third-order valence-corrected chi connectivity index (χ3v) is 5.15. The molecule has 1 aliphatic rings. The van der Waals surface area contributed by atoms with E-state index in [0.717, 1.165) is 11.8 Å². The minimum absolute atomic E-state index is 0.968. The highest BCUT2D eigenvalue weighted by Gasteiger charge is 2.22. The van der Waals surface area contributed by atoms with Gasteiger partial charge in [-0.15, -0.1) is 0 Å². The summed E-state index contributed by atoms with van der Waals surface area (Å²) >= 11 is 0. The maximum absolute atomic E-state index is 3.68. The van der Waals surface area contributed by atoms with Gasteiger partial charge in [-0.3, -0.25) is 0 Å². The van der Waals surface area contributed by atoms with Crippen LogP contribution in [0.3, 0.4) is 0 Å². The van der Waals surface area contributed by atoms with E-state index < -0.39 is 0 Å². The average Bonchev–Trinajstić information content (AvgIpc) is 2.85. The molecule has 2 unspecified atom stereocenters. The molecule has 0 aromatic rings. The summed E-state index contributed by atoms with van der Waals surface area (Å²) in [5.74, 6) is 1.94. The van der Waals surface area contributed by atoms with Crippen LogP contribution in [0.1, 0.15) is 97.3 Å². The number of rotatable bonds is 13. The molecule has 0 aliphatic heterocycles. The fraction of sp³-hybridized carbons (Fsp3) is 1.00. The van der Waals surface area contributed by atoms with E-state index in [-0.39, 0.29) is 0 Å². The Bertz CT molecular complexity index is 202. The molecule has 0 amide bonds. The van der Waals surface area contributed by atoms with Crippen LogP contribution in [0.2, 0.25) is 0 Å². The number of nitrogens with one attached hydrogen (secondary N) is 1. The van der Waals surface area contributed by atoms with Crippen LogP contribution < -0.4 is 5.32 Å². The van der Waals surface area contributed by atoms with E-state index in [1.54, 1.807) is 0 Å². The van der Waals surface area contributed by atoms with Crippen LogP contribution >= 0.6 is 0 Å². The van der Waals surface area contributed by atoms with E-state index in [1.165, 1.54) is 96.6 Å². The van der Waals surface area contributed by atoms with Crippen molar-refractivity contribution in [2.24, 2.45) is 11.8 Å². The molecule has 1 rings (SSSR count). The summed E-state index contributed by atoms with van der Waals surface area (Å²) in [6.45, 7) is 7.25. The monoisotopic (exact) mass is 281 g/mol. The van der Waals surface area contributed by atoms with Gasteiger partial charge in [0.25, 0.3) is 0 Å². The summed E-state index contributed by atoms with van der Waals surface area (Å²) < 4.78 is 0. The van der Waals surface area contributed by atoms with E-state index in [4.69, 9.17) is 0 Å². The van der Waals surface area contributed by atoms with Gasteiger partial charge >= 0.3 is 0 Å². The van der Waals surface area contributed by atoms with E-state index in [1.807, 2.05) is 0 Å². The molecule has 1 N–H and O–H groups in total. The van der Waals surface area contributed by atoms with Crippen LogP contribution in [-0.2, 0) is 0 Å². The molecular formula is C19H39N. The van der Waals surface area contributed by atoms with Gasteiger partial charge in [-0.1, -0.05) is 84.5 Å². The highest BCUT2D eigenvalue weighted by Crippen LogP contribution is 2.30. The van der Waals surface area contributed by atoms with Crippen molar-refractivity contribution in [1.82, 2.24) is 5.32 Å². The lowest BCUT2D eigenvalue weighted by Gasteiger charge is -2.15. The maximum atomic E-state index is 3.68. The Hall–Kier alpha value is -0.0400. The molecule has 0 aromatic heterocycles. The Morgan fingerprint density at radius 2 is 1.40 bits per heavy atom. The van der Waals surface area contributed by atoms with Crippen molar-refractivity contribution < 1.29 is 0 Å². The molecule has 1 fully saturated rings. The Balaban J connectivity index is 1.72. The van der Waals surface area contributed by atoms with Crippen molar-refractivity contribution in [3.63, 3.8) is 0 Å². The normalized spacial score (nSPS) is 22.5. The highest BCUT2D eigenvalue weighted by atomic mass is 14.9. The molecule has 0 bridgehead atoms. The Kier molecular flexibility index (Phi) is 11.4. The molecule has 120 valence electrons. The third-order valence-electron chi connectivity index (χ3n) is 5.15. The first kappa shape index (κ1) is 18.0. The molecule has 1 nitrogen and oxygen atoms in total. The van der Waals surface area contributed by atoms with Crippen LogP contribution in [0.4, 0.5) is 0 Å². The zero-order chi connectivity index (χ0) is 14.5. The maximum Gasteiger partial charge on any atom is -0.00180 e. The van der Waals surface area contributed by atoms with Crippen molar-refractivity contribution in [3.8, 4) is 0 Å². The zero-order valence-electron chi connectivity index (χ0n) is 14.3. The fourth-order valence-electron chi connectivity index (χ4n) is 3.55. The molecule has 0 aromatic carbocycles. The summed E-state index contributed by atoms with van der Waals surface area (Å²) in [7, 11) is 0. The van der Waals surface area contributed by atoms with Crippen LogP contribution in [0.15, 0.2) is 0 Å². The second kappa shape index (κ2) is 12.7. The van der Waals surface area contributed by atoms with Gasteiger partial charge in [-0.05, 0) is 37.8 Å². The number of unbranched alkanes of at least 4 members (excludes halogenated alkanes) is 9. The Morgan fingerprint density at radius 3 is 1.95 bits per heavy atom. The van der Waals surface area contributed by atoms with Gasteiger partial charge in [0.1, 0.15) is 0 Å². The summed E-state index contributed by atoms with van der Waals surface area (Å²) in [6.07, 6.45) is 18.8. The van der Waals surface area contributed by atoms with Gasteiger partial charge in [0.2, 0.25) is 0 Å². The number of hydrogen-bond acceptors (Lipinski definition) is 1. The molecule has 2 atom stereocenters. The van der Waals surface area contributed by atoms with E-state index in [2.05, 4.69) is 19.2 Å². The molecule has 1 saturated carbocycles. The first-order valence-electron chi connectivity index (χ1n) is 9.55. The largest absolute Gasteiger partial charge is 0.316 e. The first-order chi connectivity index (χ1) is 9.84.